The van der Waals surface area contributed by atoms with Crippen LogP contribution in [0.25, 0.3) is 11.3 Å². The van der Waals surface area contributed by atoms with Gasteiger partial charge in [-0.15, -0.1) is 0 Å². The smallest absolute Gasteiger partial charge is 0.229 e. The summed E-state index contributed by atoms with van der Waals surface area (Å²) >= 11 is 0. The van der Waals surface area contributed by atoms with Gasteiger partial charge in [-0.2, -0.15) is 0 Å². The van der Waals surface area contributed by atoms with Gasteiger partial charge < -0.3 is 15.0 Å². The van der Waals surface area contributed by atoms with Gasteiger partial charge in [-0.1, -0.05) is 71.9 Å². The molecule has 0 bridgehead atoms. The zero-order valence-corrected chi connectivity index (χ0v) is 31.4. The first-order chi connectivity index (χ1) is 23.3. The number of hydrogen-bond donors (Lipinski definition) is 2. The largest absolute Gasteiger partial charge is 0.393 e. The summed E-state index contributed by atoms with van der Waals surface area (Å²) in [6.45, 7) is 16.3. The Hall–Kier alpha value is -2.14. The van der Waals surface area contributed by atoms with Gasteiger partial charge in [0.25, 0.3) is 0 Å². The number of aliphatic hydroxyl groups excluding tert-OH is 1. The molecule has 0 spiro atoms. The lowest BCUT2D eigenvalue weighted by molar-refractivity contribution is -0.249. The Morgan fingerprint density at radius 1 is 0.796 bits per heavy atom. The number of likely N-dealkylation sites (tertiary alicyclic amines) is 1. The number of aliphatic hydroxyl groups is 1. The Morgan fingerprint density at radius 3 is 2.33 bits per heavy atom. The molecule has 266 valence electrons. The molecule has 1 aromatic heterocycles. The first-order valence-corrected chi connectivity index (χ1v) is 20.4. The molecule has 5 heteroatoms. The van der Waals surface area contributed by atoms with Gasteiger partial charge in [0.2, 0.25) is 5.91 Å². The Bertz CT molecular complexity index is 1610. The number of aromatic nitrogens is 2. The Kier molecular flexibility index (Phi) is 7.15. The summed E-state index contributed by atoms with van der Waals surface area (Å²) < 4.78 is 0. The summed E-state index contributed by atoms with van der Waals surface area (Å²) in [6.07, 6.45) is 18.4. The molecule has 1 amide bonds. The normalized spacial score (nSPS) is 46.3. The lowest BCUT2D eigenvalue weighted by Gasteiger charge is -2.73. The summed E-state index contributed by atoms with van der Waals surface area (Å²) in [5.41, 5.74) is 3.21. The molecule has 2 heterocycles. The molecule has 1 aliphatic heterocycles. The highest BCUT2D eigenvalue weighted by Gasteiger charge is 2.73. The van der Waals surface area contributed by atoms with E-state index in [1.54, 1.807) is 0 Å². The van der Waals surface area contributed by atoms with Crippen molar-refractivity contribution in [2.24, 2.45) is 62.1 Å². The van der Waals surface area contributed by atoms with Crippen LogP contribution in [0.1, 0.15) is 143 Å². The summed E-state index contributed by atoms with van der Waals surface area (Å²) in [7, 11) is 0. The second-order valence-corrected chi connectivity index (χ2v) is 20.2. The zero-order chi connectivity index (χ0) is 34.2. The Morgan fingerprint density at radius 2 is 1.57 bits per heavy atom. The van der Waals surface area contributed by atoms with E-state index in [1.165, 1.54) is 57.8 Å². The van der Waals surface area contributed by atoms with Crippen LogP contribution >= 0.6 is 0 Å². The molecular formula is C44H63N3O2. The van der Waals surface area contributed by atoms with Crippen molar-refractivity contribution in [3.63, 3.8) is 0 Å². The quantitative estimate of drug-likeness (QED) is 0.342. The topological polar surface area (TPSA) is 69.2 Å². The van der Waals surface area contributed by atoms with Crippen molar-refractivity contribution < 1.29 is 9.90 Å². The zero-order valence-electron chi connectivity index (χ0n) is 31.4. The molecule has 0 radical (unpaired) electrons. The predicted molar refractivity (Wildman–Crippen MR) is 195 cm³/mol. The number of H-pyrrole nitrogens is 1. The van der Waals surface area contributed by atoms with Crippen LogP contribution in [0.4, 0.5) is 0 Å². The van der Waals surface area contributed by atoms with E-state index in [0.717, 1.165) is 55.7 Å². The summed E-state index contributed by atoms with van der Waals surface area (Å²) in [6, 6.07) is 10.5. The molecule has 1 aromatic carbocycles. The molecule has 5 nitrogen and oxygen atoms in total. The van der Waals surface area contributed by atoms with E-state index >= 15 is 4.79 Å². The van der Waals surface area contributed by atoms with E-state index < -0.39 is 0 Å². The molecule has 2 N–H and O–H groups in total. The van der Waals surface area contributed by atoms with Crippen LogP contribution in [0.2, 0.25) is 0 Å². The number of carbonyl (C=O) groups is 1. The van der Waals surface area contributed by atoms with Crippen LogP contribution in [-0.4, -0.2) is 38.5 Å². The number of imidazole rings is 1. The van der Waals surface area contributed by atoms with Gasteiger partial charge in [0.15, 0.2) is 0 Å². The minimum Gasteiger partial charge on any atom is -0.393 e. The average molecular weight is 666 g/mol. The Labute approximate surface area is 295 Å². The fourth-order valence-electron chi connectivity index (χ4n) is 15.1. The van der Waals surface area contributed by atoms with E-state index in [2.05, 4.69) is 81.8 Å². The molecule has 2 aromatic rings. The second kappa shape index (κ2) is 10.7. The maximum absolute atomic E-state index is 15.5. The van der Waals surface area contributed by atoms with Crippen LogP contribution in [0, 0.1) is 62.1 Å². The van der Waals surface area contributed by atoms with E-state index in [9.17, 15) is 5.11 Å². The highest BCUT2D eigenvalue weighted by Crippen LogP contribution is 2.79. The number of rotatable bonds is 4. The Balaban J connectivity index is 1.06. The third-order valence-corrected chi connectivity index (χ3v) is 18.3. The van der Waals surface area contributed by atoms with Crippen molar-refractivity contribution in [3.05, 3.63) is 42.4 Å². The van der Waals surface area contributed by atoms with Crippen LogP contribution < -0.4 is 0 Å². The van der Waals surface area contributed by atoms with Crippen LogP contribution in [0.5, 0.6) is 0 Å². The third kappa shape index (κ3) is 4.32. The highest BCUT2D eigenvalue weighted by molar-refractivity contribution is 5.84. The number of nitrogens with one attached hydrogen (secondary N) is 1. The van der Waals surface area contributed by atoms with Crippen molar-refractivity contribution in [1.82, 2.24) is 14.9 Å². The number of nitrogens with zero attached hydrogens (tertiary/aromatic N) is 2. The van der Waals surface area contributed by atoms with Gasteiger partial charge in [-0.3, -0.25) is 4.79 Å². The van der Waals surface area contributed by atoms with E-state index in [1.807, 2.05) is 6.20 Å². The molecule has 7 fully saturated rings. The molecule has 1 saturated heterocycles. The minimum atomic E-state index is -0.223. The number of carbonyl (C=O) groups excluding carboxylic acids is 1. The first-order valence-electron chi connectivity index (χ1n) is 20.4. The molecule has 11 atom stereocenters. The number of fused-ring (bicyclic) bond motifs is 7. The first kappa shape index (κ1) is 32.7. The van der Waals surface area contributed by atoms with E-state index in [-0.39, 0.29) is 39.2 Å². The van der Waals surface area contributed by atoms with Crippen molar-refractivity contribution in [3.8, 4) is 11.3 Å². The maximum atomic E-state index is 15.5. The second-order valence-electron chi connectivity index (χ2n) is 20.2. The van der Waals surface area contributed by atoms with Gasteiger partial charge in [0.1, 0.15) is 5.82 Å². The fourth-order valence-corrected chi connectivity index (χ4v) is 15.1. The number of hydrogen-bond acceptors (Lipinski definition) is 3. The molecule has 6 saturated carbocycles. The van der Waals surface area contributed by atoms with Crippen molar-refractivity contribution >= 4 is 5.91 Å². The number of aromatic amines is 1. The summed E-state index contributed by atoms with van der Waals surface area (Å²) in [5, 5.41) is 11.2. The molecular weight excluding hydrogens is 603 g/mol. The summed E-state index contributed by atoms with van der Waals surface area (Å²) in [5.74, 6) is 4.54. The molecule has 0 unspecified atom stereocenters. The van der Waals surface area contributed by atoms with Crippen molar-refractivity contribution in [2.45, 2.75) is 144 Å². The molecule has 6 aliphatic carbocycles. The average Bonchev–Trinajstić information content (AvgIpc) is 3.48. The molecule has 9 rings (SSSR count). The minimum absolute atomic E-state index is 0.0144. The SMILES string of the molecule is CC1([C@@H]2CC[C@]3(C(=O)N4CCC[C@@H]4c4ncc(-c5ccccc5)[nH]4)CC[C@]4(C)[C@H](CC[C@@H]5[C@@]6(C)CC[C@H](O)C(C)(C)[C@@H]6CC[C@]54C)[C@@H]23)CC1. The van der Waals surface area contributed by atoms with E-state index in [0.29, 0.717) is 40.9 Å². The van der Waals surface area contributed by atoms with Crippen molar-refractivity contribution in [2.75, 3.05) is 6.54 Å². The maximum Gasteiger partial charge on any atom is 0.229 e. The lowest BCUT2D eigenvalue weighted by atomic mass is 9.32. The molecule has 49 heavy (non-hydrogen) atoms. The van der Waals surface area contributed by atoms with Gasteiger partial charge in [0, 0.05) is 6.54 Å². The molecule has 7 aliphatic rings. The number of amides is 1. The van der Waals surface area contributed by atoms with Crippen molar-refractivity contribution in [1.29, 1.82) is 0 Å². The predicted octanol–water partition coefficient (Wildman–Crippen LogP) is 9.98. The third-order valence-electron chi connectivity index (χ3n) is 18.3. The summed E-state index contributed by atoms with van der Waals surface area (Å²) in [4.78, 5) is 26.4. The monoisotopic (exact) mass is 665 g/mol. The van der Waals surface area contributed by atoms with Gasteiger partial charge in [-0.25, -0.2) is 4.98 Å². The van der Waals surface area contributed by atoms with Gasteiger partial charge in [0.05, 0.1) is 29.5 Å². The van der Waals surface area contributed by atoms with E-state index in [4.69, 9.17) is 4.98 Å². The standard InChI is InChI=1S/C44H63N3O2/c1-39(2)33-17-20-43(6)34(41(33,4)19-18-35(39)48)15-14-30-36-29(40(3)22-23-40)16-21-44(36,25-24-42(30,43)5)38(49)47-26-10-13-32(47)37-45-27-31(46-37)28-11-8-7-9-12-28/h7-9,11-12,27,29-30,32-36,48H,10,13-26H2,1-6H3,(H,45,46)/t29-,30-,32-,33+,34-,35+,36-,41+,42-,43-,44+/m1/s1. The van der Waals surface area contributed by atoms with Crippen LogP contribution in [-0.2, 0) is 4.79 Å². The van der Waals surface area contributed by atoms with Gasteiger partial charge >= 0.3 is 0 Å². The van der Waals surface area contributed by atoms with Crippen LogP contribution in [0.3, 0.4) is 0 Å². The fraction of sp³-hybridized carbons (Fsp3) is 0.773. The number of benzene rings is 1. The van der Waals surface area contributed by atoms with Crippen LogP contribution in [0.15, 0.2) is 36.5 Å². The van der Waals surface area contributed by atoms with Gasteiger partial charge in [-0.05, 0) is 152 Å². The lowest BCUT2D eigenvalue weighted by Crippen LogP contribution is -2.67. The highest BCUT2D eigenvalue weighted by atomic mass is 16.3.